The molecule has 0 radical (unpaired) electrons. The number of hydrogen-bond acceptors (Lipinski definition) is 3. The average molecular weight is 242 g/mol. The van der Waals surface area contributed by atoms with E-state index in [2.05, 4.69) is 25.7 Å². The minimum Gasteiger partial charge on any atom is -0.383 e. The van der Waals surface area contributed by atoms with Gasteiger partial charge in [0.1, 0.15) is 0 Å². The van der Waals surface area contributed by atoms with Crippen molar-refractivity contribution in [3.05, 3.63) is 0 Å². The first-order chi connectivity index (χ1) is 8.07. The zero-order chi connectivity index (χ0) is 12.9. The fourth-order valence-electron chi connectivity index (χ4n) is 2.69. The average Bonchev–Trinajstić information content (AvgIpc) is 3.12. The molecule has 0 heterocycles. The van der Waals surface area contributed by atoms with E-state index in [0.29, 0.717) is 6.04 Å². The van der Waals surface area contributed by atoms with Crippen LogP contribution in [-0.4, -0.2) is 43.3 Å². The van der Waals surface area contributed by atoms with Crippen LogP contribution >= 0.6 is 0 Å². The molecule has 2 unspecified atom stereocenters. The van der Waals surface area contributed by atoms with E-state index in [-0.39, 0.29) is 5.54 Å². The Morgan fingerprint density at radius 1 is 1.47 bits per heavy atom. The quantitative estimate of drug-likeness (QED) is 0.674. The van der Waals surface area contributed by atoms with E-state index >= 15 is 0 Å². The van der Waals surface area contributed by atoms with Gasteiger partial charge in [0, 0.05) is 31.8 Å². The Balaban J connectivity index is 2.67. The molecule has 0 bridgehead atoms. The van der Waals surface area contributed by atoms with Crippen molar-refractivity contribution in [1.29, 1.82) is 0 Å². The van der Waals surface area contributed by atoms with Crippen molar-refractivity contribution < 1.29 is 4.74 Å². The Bertz CT molecular complexity index is 218. The molecule has 1 aliphatic rings. The third-order valence-corrected chi connectivity index (χ3v) is 4.22. The van der Waals surface area contributed by atoms with Crippen LogP contribution in [0.1, 0.15) is 46.5 Å². The van der Waals surface area contributed by atoms with E-state index < -0.39 is 0 Å². The van der Waals surface area contributed by atoms with Crippen LogP contribution in [0.5, 0.6) is 0 Å². The molecule has 0 aromatic carbocycles. The van der Waals surface area contributed by atoms with E-state index in [9.17, 15) is 0 Å². The highest BCUT2D eigenvalue weighted by atomic mass is 16.5. The van der Waals surface area contributed by atoms with E-state index in [1.165, 1.54) is 25.7 Å². The highest BCUT2D eigenvalue weighted by Gasteiger charge is 2.38. The molecule has 0 aromatic rings. The first-order valence-corrected chi connectivity index (χ1v) is 7.03. The normalized spacial score (nSPS) is 21.5. The number of nitrogens with two attached hydrogens (primary N) is 1. The van der Waals surface area contributed by atoms with Crippen LogP contribution in [0.3, 0.4) is 0 Å². The SMILES string of the molecule is CCC(C)N(CCOC)C(C)(CN)CC1CC1. The number of ether oxygens (including phenoxy) is 1. The Kier molecular flexibility index (Phi) is 5.90. The molecule has 1 fully saturated rings. The molecule has 1 rings (SSSR count). The van der Waals surface area contributed by atoms with Gasteiger partial charge in [0.25, 0.3) is 0 Å². The van der Waals surface area contributed by atoms with Crippen molar-refractivity contribution in [3.63, 3.8) is 0 Å². The summed E-state index contributed by atoms with van der Waals surface area (Å²) < 4.78 is 5.24. The highest BCUT2D eigenvalue weighted by Crippen LogP contribution is 2.39. The van der Waals surface area contributed by atoms with Gasteiger partial charge in [-0.25, -0.2) is 0 Å². The zero-order valence-corrected chi connectivity index (χ0v) is 12.0. The summed E-state index contributed by atoms with van der Waals surface area (Å²) in [6.07, 6.45) is 5.21. The van der Waals surface area contributed by atoms with Crippen LogP contribution in [0.2, 0.25) is 0 Å². The maximum atomic E-state index is 6.07. The number of methoxy groups -OCH3 is 1. The summed E-state index contributed by atoms with van der Waals surface area (Å²) in [5.41, 5.74) is 6.21. The molecule has 3 heteroatoms. The molecule has 0 aromatic heterocycles. The van der Waals surface area contributed by atoms with Gasteiger partial charge in [0.05, 0.1) is 6.61 Å². The second-order valence-corrected chi connectivity index (χ2v) is 5.79. The Labute approximate surface area is 107 Å². The standard InChI is InChI=1S/C14H30N2O/c1-5-12(2)16(8-9-17-4)14(3,11-15)10-13-6-7-13/h12-13H,5-11,15H2,1-4H3. The molecule has 102 valence electrons. The number of rotatable bonds is 9. The van der Waals surface area contributed by atoms with Gasteiger partial charge in [-0.05, 0) is 32.6 Å². The predicted octanol–water partition coefficient (Wildman–Crippen LogP) is 2.25. The summed E-state index contributed by atoms with van der Waals surface area (Å²) in [6, 6.07) is 0.581. The predicted molar refractivity (Wildman–Crippen MR) is 73.1 cm³/mol. The van der Waals surface area contributed by atoms with Crippen molar-refractivity contribution in [1.82, 2.24) is 4.90 Å². The molecule has 0 aliphatic heterocycles. The molecular formula is C14H30N2O. The summed E-state index contributed by atoms with van der Waals surface area (Å²) in [5, 5.41) is 0. The van der Waals surface area contributed by atoms with Gasteiger partial charge in [0.15, 0.2) is 0 Å². The summed E-state index contributed by atoms with van der Waals surface area (Å²) in [7, 11) is 1.77. The zero-order valence-electron chi connectivity index (χ0n) is 12.0. The van der Waals surface area contributed by atoms with Crippen LogP contribution in [0, 0.1) is 5.92 Å². The number of nitrogens with zero attached hydrogens (tertiary/aromatic N) is 1. The van der Waals surface area contributed by atoms with Crippen LogP contribution in [0.25, 0.3) is 0 Å². The second-order valence-electron chi connectivity index (χ2n) is 5.79. The Hall–Kier alpha value is -0.120. The van der Waals surface area contributed by atoms with Gasteiger partial charge in [-0.3, -0.25) is 4.90 Å². The molecule has 1 aliphatic carbocycles. The van der Waals surface area contributed by atoms with Crippen LogP contribution in [0.4, 0.5) is 0 Å². The summed E-state index contributed by atoms with van der Waals surface area (Å²) in [5.74, 6) is 0.914. The minimum absolute atomic E-state index is 0.148. The summed E-state index contributed by atoms with van der Waals surface area (Å²) >= 11 is 0. The first kappa shape index (κ1) is 14.9. The fraction of sp³-hybridized carbons (Fsp3) is 1.00. The van der Waals surface area contributed by atoms with Gasteiger partial charge >= 0.3 is 0 Å². The van der Waals surface area contributed by atoms with Gasteiger partial charge in [0.2, 0.25) is 0 Å². The molecule has 17 heavy (non-hydrogen) atoms. The molecule has 3 nitrogen and oxygen atoms in total. The van der Waals surface area contributed by atoms with E-state index in [0.717, 1.165) is 25.6 Å². The Morgan fingerprint density at radius 3 is 2.53 bits per heavy atom. The lowest BCUT2D eigenvalue weighted by molar-refractivity contribution is 0.0292. The lowest BCUT2D eigenvalue weighted by atomic mass is 9.90. The van der Waals surface area contributed by atoms with Crippen LogP contribution in [0.15, 0.2) is 0 Å². The lowest BCUT2D eigenvalue weighted by Crippen LogP contribution is -2.56. The van der Waals surface area contributed by atoms with E-state index in [1.807, 2.05) is 0 Å². The minimum atomic E-state index is 0.148. The fourth-order valence-corrected chi connectivity index (χ4v) is 2.69. The van der Waals surface area contributed by atoms with Crippen molar-refractivity contribution in [2.24, 2.45) is 11.7 Å². The highest BCUT2D eigenvalue weighted by molar-refractivity contribution is 4.94. The third-order valence-electron chi connectivity index (χ3n) is 4.22. The molecule has 1 saturated carbocycles. The van der Waals surface area contributed by atoms with Crippen LogP contribution < -0.4 is 5.73 Å². The van der Waals surface area contributed by atoms with Gasteiger partial charge in [-0.2, -0.15) is 0 Å². The largest absolute Gasteiger partial charge is 0.383 e. The molecule has 2 N–H and O–H groups in total. The van der Waals surface area contributed by atoms with Crippen molar-refractivity contribution >= 4 is 0 Å². The molecule has 0 spiro atoms. The second kappa shape index (κ2) is 6.72. The Morgan fingerprint density at radius 2 is 2.12 bits per heavy atom. The maximum Gasteiger partial charge on any atom is 0.0590 e. The van der Waals surface area contributed by atoms with E-state index in [4.69, 9.17) is 10.5 Å². The van der Waals surface area contributed by atoms with Crippen molar-refractivity contribution in [2.75, 3.05) is 26.8 Å². The first-order valence-electron chi connectivity index (χ1n) is 7.03. The maximum absolute atomic E-state index is 6.07. The van der Waals surface area contributed by atoms with Crippen molar-refractivity contribution in [2.45, 2.75) is 58.0 Å². The number of hydrogen-bond donors (Lipinski definition) is 1. The smallest absolute Gasteiger partial charge is 0.0590 e. The van der Waals surface area contributed by atoms with Gasteiger partial charge in [-0.15, -0.1) is 0 Å². The molecular weight excluding hydrogens is 212 g/mol. The van der Waals surface area contributed by atoms with Crippen molar-refractivity contribution in [3.8, 4) is 0 Å². The van der Waals surface area contributed by atoms with Crippen LogP contribution in [-0.2, 0) is 4.74 Å². The van der Waals surface area contributed by atoms with Gasteiger partial charge in [-0.1, -0.05) is 19.8 Å². The molecule has 0 amide bonds. The summed E-state index contributed by atoms with van der Waals surface area (Å²) in [4.78, 5) is 2.56. The lowest BCUT2D eigenvalue weighted by Gasteiger charge is -2.44. The molecule has 2 atom stereocenters. The topological polar surface area (TPSA) is 38.5 Å². The molecule has 0 saturated heterocycles. The monoisotopic (exact) mass is 242 g/mol. The third kappa shape index (κ3) is 4.23. The van der Waals surface area contributed by atoms with Gasteiger partial charge < -0.3 is 10.5 Å². The van der Waals surface area contributed by atoms with E-state index in [1.54, 1.807) is 7.11 Å². The summed E-state index contributed by atoms with van der Waals surface area (Å²) in [6.45, 7) is 9.41.